The first kappa shape index (κ1) is 25.2. The Labute approximate surface area is 187 Å². The number of nitrogens with zero attached hydrogens (tertiary/aromatic N) is 4. The molecule has 0 radical (unpaired) electrons. The van der Waals surface area contributed by atoms with Crippen LogP contribution in [0.5, 0.6) is 0 Å². The summed E-state index contributed by atoms with van der Waals surface area (Å²) in [6, 6.07) is 0. The number of carbonyl (C=O) groups excluding carboxylic acids is 2. The van der Waals surface area contributed by atoms with Crippen molar-refractivity contribution in [3.63, 3.8) is 0 Å². The molecule has 1 fully saturated rings. The topological polar surface area (TPSA) is 81.8 Å². The average molecular weight is 436 g/mol. The molecule has 0 spiro atoms. The van der Waals surface area contributed by atoms with E-state index < -0.39 is 5.60 Å². The summed E-state index contributed by atoms with van der Waals surface area (Å²) < 4.78 is 5.41. The molecule has 2 heterocycles. The molecular weight excluding hydrogens is 394 g/mol. The van der Waals surface area contributed by atoms with Crippen molar-refractivity contribution in [2.75, 3.05) is 40.3 Å². The second-order valence-electron chi connectivity index (χ2n) is 10.2. The second-order valence-corrected chi connectivity index (χ2v) is 10.2. The van der Waals surface area contributed by atoms with Crippen LogP contribution in [0.1, 0.15) is 71.1 Å². The Morgan fingerprint density at radius 3 is 2.45 bits per heavy atom. The maximum atomic E-state index is 12.3. The molecule has 1 aromatic rings. The predicted molar refractivity (Wildman–Crippen MR) is 122 cm³/mol. The quantitative estimate of drug-likeness (QED) is 0.676. The standard InChI is InChI=1S/C23H41N5O3/c1-17(2)14-20(29)28-10-8-18(9-11-28)21-19(15-24-25-21)16-26(6)12-13-27(7)22(30)31-23(3,4)5/h15,17-18H,8-14,16H2,1-7H3,(H,24,25). The average Bonchev–Trinajstić information content (AvgIpc) is 3.12. The van der Waals surface area contributed by atoms with Gasteiger partial charge in [-0.1, -0.05) is 13.8 Å². The molecular formula is C23H41N5O3. The summed E-state index contributed by atoms with van der Waals surface area (Å²) >= 11 is 0. The van der Waals surface area contributed by atoms with Crippen molar-refractivity contribution in [1.29, 1.82) is 0 Å². The van der Waals surface area contributed by atoms with E-state index in [0.717, 1.165) is 39.0 Å². The van der Waals surface area contributed by atoms with Gasteiger partial charge >= 0.3 is 6.09 Å². The summed E-state index contributed by atoms with van der Waals surface area (Å²) in [6.45, 7) is 13.5. The van der Waals surface area contributed by atoms with Crippen molar-refractivity contribution in [3.05, 3.63) is 17.5 Å². The van der Waals surface area contributed by atoms with Crippen LogP contribution in [0.25, 0.3) is 0 Å². The number of carbonyl (C=O) groups is 2. The van der Waals surface area contributed by atoms with Crippen molar-refractivity contribution in [1.82, 2.24) is 24.9 Å². The molecule has 0 aliphatic carbocycles. The molecule has 1 aliphatic heterocycles. The Morgan fingerprint density at radius 2 is 1.87 bits per heavy atom. The molecule has 0 bridgehead atoms. The number of H-pyrrole nitrogens is 1. The first-order chi connectivity index (χ1) is 14.5. The molecule has 0 unspecified atom stereocenters. The van der Waals surface area contributed by atoms with Gasteiger partial charge < -0.3 is 19.4 Å². The van der Waals surface area contributed by atoms with Gasteiger partial charge in [-0.25, -0.2) is 4.79 Å². The highest BCUT2D eigenvalue weighted by atomic mass is 16.6. The molecule has 0 saturated carbocycles. The van der Waals surface area contributed by atoms with Crippen molar-refractivity contribution in [2.45, 2.75) is 71.9 Å². The van der Waals surface area contributed by atoms with Gasteiger partial charge in [0.25, 0.3) is 0 Å². The molecule has 0 aromatic carbocycles. The van der Waals surface area contributed by atoms with Gasteiger partial charge in [-0.15, -0.1) is 0 Å². The minimum absolute atomic E-state index is 0.270. The van der Waals surface area contributed by atoms with E-state index in [1.165, 1.54) is 11.3 Å². The fourth-order valence-electron chi connectivity index (χ4n) is 3.82. The SMILES string of the molecule is CC(C)CC(=O)N1CCC(c2[nH]ncc2CN(C)CCN(C)C(=O)OC(C)(C)C)CC1. The van der Waals surface area contributed by atoms with Crippen molar-refractivity contribution >= 4 is 12.0 Å². The monoisotopic (exact) mass is 435 g/mol. The Balaban J connectivity index is 1.83. The summed E-state index contributed by atoms with van der Waals surface area (Å²) in [4.78, 5) is 30.3. The maximum absolute atomic E-state index is 12.3. The Bertz CT molecular complexity index is 717. The van der Waals surface area contributed by atoms with Gasteiger partial charge in [0, 0.05) is 63.4 Å². The number of amides is 2. The summed E-state index contributed by atoms with van der Waals surface area (Å²) in [5.41, 5.74) is 1.88. The number of hydrogen-bond donors (Lipinski definition) is 1. The largest absolute Gasteiger partial charge is 0.444 e. The molecule has 1 saturated heterocycles. The Kier molecular flexibility index (Phi) is 8.91. The Hall–Kier alpha value is -2.09. The number of aromatic nitrogens is 2. The summed E-state index contributed by atoms with van der Waals surface area (Å²) in [5.74, 6) is 1.07. The van der Waals surface area contributed by atoms with Crippen LogP contribution in [0.2, 0.25) is 0 Å². The van der Waals surface area contributed by atoms with Gasteiger partial charge in [-0.2, -0.15) is 5.10 Å². The van der Waals surface area contributed by atoms with E-state index in [1.54, 1.807) is 11.9 Å². The third-order valence-electron chi connectivity index (χ3n) is 5.55. The lowest BCUT2D eigenvalue weighted by Crippen LogP contribution is -2.39. The first-order valence-corrected chi connectivity index (χ1v) is 11.4. The molecule has 31 heavy (non-hydrogen) atoms. The zero-order valence-electron chi connectivity index (χ0n) is 20.4. The fraction of sp³-hybridized carbons (Fsp3) is 0.783. The maximum Gasteiger partial charge on any atom is 0.410 e. The highest BCUT2D eigenvalue weighted by Crippen LogP contribution is 2.29. The lowest BCUT2D eigenvalue weighted by Gasteiger charge is -2.32. The number of rotatable bonds is 8. The fourth-order valence-corrected chi connectivity index (χ4v) is 3.82. The minimum atomic E-state index is -0.488. The smallest absolute Gasteiger partial charge is 0.410 e. The number of likely N-dealkylation sites (tertiary alicyclic amines) is 1. The third kappa shape index (κ3) is 8.16. The number of hydrogen-bond acceptors (Lipinski definition) is 5. The zero-order valence-corrected chi connectivity index (χ0v) is 20.4. The van der Waals surface area contributed by atoms with E-state index >= 15 is 0 Å². The van der Waals surface area contributed by atoms with E-state index in [9.17, 15) is 9.59 Å². The van der Waals surface area contributed by atoms with E-state index in [0.29, 0.717) is 24.8 Å². The zero-order chi connectivity index (χ0) is 23.2. The number of nitrogens with one attached hydrogen (secondary N) is 1. The van der Waals surface area contributed by atoms with Gasteiger partial charge in [-0.05, 0) is 46.6 Å². The molecule has 0 atom stereocenters. The van der Waals surface area contributed by atoms with Crippen LogP contribution >= 0.6 is 0 Å². The first-order valence-electron chi connectivity index (χ1n) is 11.4. The normalized spacial score (nSPS) is 15.6. The minimum Gasteiger partial charge on any atom is -0.444 e. The van der Waals surface area contributed by atoms with Gasteiger partial charge in [0.15, 0.2) is 0 Å². The lowest BCUT2D eigenvalue weighted by atomic mass is 9.91. The summed E-state index contributed by atoms with van der Waals surface area (Å²) in [7, 11) is 3.81. The van der Waals surface area contributed by atoms with Gasteiger partial charge in [0.1, 0.15) is 5.60 Å². The molecule has 1 aromatic heterocycles. The summed E-state index contributed by atoms with van der Waals surface area (Å²) in [6.07, 6.45) is 4.15. The molecule has 1 aliphatic rings. The third-order valence-corrected chi connectivity index (χ3v) is 5.55. The number of aromatic amines is 1. The Morgan fingerprint density at radius 1 is 1.23 bits per heavy atom. The summed E-state index contributed by atoms with van der Waals surface area (Å²) in [5, 5.41) is 7.49. The van der Waals surface area contributed by atoms with Crippen LogP contribution < -0.4 is 0 Å². The van der Waals surface area contributed by atoms with E-state index in [-0.39, 0.29) is 12.0 Å². The highest BCUT2D eigenvalue weighted by molar-refractivity contribution is 5.76. The van der Waals surface area contributed by atoms with Crippen LogP contribution in [-0.4, -0.2) is 82.8 Å². The number of ether oxygens (including phenoxy) is 1. The van der Waals surface area contributed by atoms with Crippen LogP contribution in [0.15, 0.2) is 6.20 Å². The van der Waals surface area contributed by atoms with E-state index in [4.69, 9.17) is 4.74 Å². The van der Waals surface area contributed by atoms with Crippen molar-refractivity contribution in [3.8, 4) is 0 Å². The number of likely N-dealkylation sites (N-methyl/N-ethyl adjacent to an activating group) is 2. The second kappa shape index (κ2) is 11.0. The number of piperidine rings is 1. The van der Waals surface area contributed by atoms with Crippen LogP contribution in [0.3, 0.4) is 0 Å². The van der Waals surface area contributed by atoms with E-state index in [1.807, 2.05) is 38.9 Å². The van der Waals surface area contributed by atoms with Crippen LogP contribution in [-0.2, 0) is 16.1 Å². The predicted octanol–water partition coefficient (Wildman–Crippen LogP) is 3.46. The van der Waals surface area contributed by atoms with Gasteiger partial charge in [-0.3, -0.25) is 9.89 Å². The van der Waals surface area contributed by atoms with Gasteiger partial charge in [0.05, 0.1) is 6.20 Å². The van der Waals surface area contributed by atoms with E-state index in [2.05, 4.69) is 28.9 Å². The molecule has 8 heteroatoms. The molecule has 8 nitrogen and oxygen atoms in total. The molecule has 176 valence electrons. The van der Waals surface area contributed by atoms with Crippen LogP contribution in [0, 0.1) is 5.92 Å². The molecule has 1 N–H and O–H groups in total. The van der Waals surface area contributed by atoms with Crippen molar-refractivity contribution < 1.29 is 14.3 Å². The molecule has 2 amide bonds. The van der Waals surface area contributed by atoms with Gasteiger partial charge in [0.2, 0.25) is 5.91 Å². The lowest BCUT2D eigenvalue weighted by molar-refractivity contribution is -0.133. The highest BCUT2D eigenvalue weighted by Gasteiger charge is 2.27. The van der Waals surface area contributed by atoms with Crippen LogP contribution in [0.4, 0.5) is 4.79 Å². The molecule has 2 rings (SSSR count). The van der Waals surface area contributed by atoms with Crippen molar-refractivity contribution in [2.24, 2.45) is 5.92 Å².